The van der Waals surface area contributed by atoms with Gasteiger partial charge in [0.15, 0.2) is 0 Å². The molecule has 0 bridgehead atoms. The van der Waals surface area contributed by atoms with E-state index in [0.29, 0.717) is 10.7 Å². The van der Waals surface area contributed by atoms with Gasteiger partial charge < -0.3 is 34.0 Å². The number of carbonyl (C=O) groups is 2. The topological polar surface area (TPSA) is 122 Å². The molecule has 1 saturated heterocycles. The highest BCUT2D eigenvalue weighted by atomic mass is 127. The van der Waals surface area contributed by atoms with Crippen molar-refractivity contribution in [2.45, 2.75) is 29.2 Å². The summed E-state index contributed by atoms with van der Waals surface area (Å²) < 4.78 is 28.2. The number of aliphatic imine (C=N–C) groups is 1. The van der Waals surface area contributed by atoms with Crippen LogP contribution >= 0.6 is 23.4 Å². The Bertz CT molecular complexity index is 1550. The number of carbonyl (C=O) groups excluding carboxylic acids is 1. The summed E-state index contributed by atoms with van der Waals surface area (Å²) >= 11 is 7.21. The van der Waals surface area contributed by atoms with Crippen molar-refractivity contribution in [3.63, 3.8) is 0 Å². The summed E-state index contributed by atoms with van der Waals surface area (Å²) in [6.45, 7) is 1.78. The van der Waals surface area contributed by atoms with E-state index in [9.17, 15) is 23.1 Å². The molecular formula is C24H21ClIN4O5S2. The van der Waals surface area contributed by atoms with Crippen LogP contribution in [-0.4, -0.2) is 70.3 Å². The van der Waals surface area contributed by atoms with Crippen molar-refractivity contribution in [1.29, 1.82) is 0 Å². The third kappa shape index (κ3) is 5.62. The number of aryl methyl sites for hydroxylation is 1. The molecule has 1 unspecified atom stereocenters. The summed E-state index contributed by atoms with van der Waals surface area (Å²) in [6.07, 6.45) is 1.26. The number of pyridine rings is 1. The van der Waals surface area contributed by atoms with Crippen molar-refractivity contribution >= 4 is 66.8 Å². The van der Waals surface area contributed by atoms with Gasteiger partial charge in [0, 0.05) is 54.4 Å². The maximum absolute atomic E-state index is 13.5. The van der Waals surface area contributed by atoms with Crippen LogP contribution in [-0.2, 0) is 19.6 Å². The number of carboxylic acid groups (broad SMARTS) is 1. The minimum absolute atomic E-state index is 0. The molecule has 37 heavy (non-hydrogen) atoms. The molecule has 9 nitrogen and oxygen atoms in total. The van der Waals surface area contributed by atoms with Gasteiger partial charge in [-0.25, -0.2) is 8.42 Å². The molecule has 1 fully saturated rings. The molecule has 1 N–H and O–H groups in total. The maximum Gasteiger partial charge on any atom is 0.381 e. The number of sulfonamides is 1. The number of hydrogen-bond donors (Lipinski definition) is 1. The molecule has 3 aromatic rings. The predicted octanol–water partition coefficient (Wildman–Crippen LogP) is 0.0485. The van der Waals surface area contributed by atoms with Crippen molar-refractivity contribution in [2.24, 2.45) is 0 Å². The van der Waals surface area contributed by atoms with E-state index in [2.05, 4.69) is 9.98 Å². The first kappa shape index (κ1) is 27.8. The van der Waals surface area contributed by atoms with E-state index in [-0.39, 0.29) is 60.0 Å². The Kier molecular flexibility index (Phi) is 8.14. The monoisotopic (exact) mass is 671 g/mol. The molecule has 0 aliphatic carbocycles. The molecule has 1 amide bonds. The standard InChI is InChI=1S/C24H21ClN4O5S2.HI/c1-14-8-20-21(12-26-14)35-23(27-20)24(32)29-7-6-28(13-18(29)11-22(30)31)36(33,34)19-5-3-15-9-17(25)4-2-16(15)10-19;/h2-5,8-10,12,18H,6-7,11,13H2,1H3,(H,30,31);1H/q+1;/p-1. The average Bonchev–Trinajstić information content (AvgIpc) is 3.26. The number of aliphatic carboxylic acids is 1. The number of fused-ring (bicyclic) bond motifs is 2. The van der Waals surface area contributed by atoms with Gasteiger partial charge in [0.05, 0.1) is 22.4 Å². The third-order valence-electron chi connectivity index (χ3n) is 6.12. The van der Waals surface area contributed by atoms with Gasteiger partial charge in [-0.05, 0) is 42.0 Å². The fraction of sp³-hybridized carbons (Fsp3) is 0.250. The first-order chi connectivity index (χ1) is 17.1. The number of aromatic nitrogens is 1. The van der Waals surface area contributed by atoms with E-state index in [4.69, 9.17) is 11.6 Å². The number of rotatable bonds is 5. The fourth-order valence-electron chi connectivity index (χ4n) is 4.34. The zero-order valence-corrected chi connectivity index (χ0v) is 24.0. The highest BCUT2D eigenvalue weighted by molar-refractivity contribution is 8.16. The normalized spacial score (nSPS) is 17.7. The number of benzene rings is 2. The number of thioether (sulfide) groups is 1. The Morgan fingerprint density at radius 3 is 2.65 bits per heavy atom. The maximum atomic E-state index is 13.5. The van der Waals surface area contributed by atoms with Crippen LogP contribution in [0, 0.1) is 6.92 Å². The summed E-state index contributed by atoms with van der Waals surface area (Å²) in [5.41, 5.74) is 1.41. The lowest BCUT2D eigenvalue weighted by Crippen LogP contribution is -3.00. The first-order valence-electron chi connectivity index (χ1n) is 11.1. The fourth-order valence-corrected chi connectivity index (χ4v) is 6.90. The predicted molar refractivity (Wildman–Crippen MR) is 137 cm³/mol. The van der Waals surface area contributed by atoms with Gasteiger partial charge >= 0.3 is 16.9 Å². The zero-order chi connectivity index (χ0) is 25.6. The molecule has 1 aromatic heterocycles. The summed E-state index contributed by atoms with van der Waals surface area (Å²) in [7, 11) is -3.92. The Morgan fingerprint density at radius 1 is 1.16 bits per heavy atom. The van der Waals surface area contributed by atoms with E-state index in [0.717, 1.165) is 21.4 Å². The van der Waals surface area contributed by atoms with Gasteiger partial charge in [0.25, 0.3) is 5.69 Å². The molecule has 193 valence electrons. The minimum Gasteiger partial charge on any atom is -1.00 e. The first-order valence-corrected chi connectivity index (χ1v) is 13.7. The molecule has 1 atom stereocenters. The SMILES string of the molecule is Cc1cc2c(cn1)SC(C(=O)N1CCN(S(=O)(=O)c3ccc4cc(Cl)ccc4c3)CC1CC(=O)O)=[N+]2.[I-]. The lowest BCUT2D eigenvalue weighted by atomic mass is 10.1. The van der Waals surface area contributed by atoms with Crippen LogP contribution < -0.4 is 29.0 Å². The highest BCUT2D eigenvalue weighted by Crippen LogP contribution is 2.34. The van der Waals surface area contributed by atoms with Crippen LogP contribution in [0.3, 0.4) is 0 Å². The minimum atomic E-state index is -3.92. The number of nitrogens with zero attached hydrogens (tertiary/aromatic N) is 4. The van der Waals surface area contributed by atoms with Crippen molar-refractivity contribution in [1.82, 2.24) is 19.2 Å². The Balaban J connectivity index is 0.00000320. The lowest BCUT2D eigenvalue weighted by molar-refractivity contribution is -0.140. The average molecular weight is 672 g/mol. The van der Waals surface area contributed by atoms with Crippen molar-refractivity contribution in [3.05, 3.63) is 59.4 Å². The second kappa shape index (κ2) is 10.8. The van der Waals surface area contributed by atoms with E-state index >= 15 is 0 Å². The number of hydrogen-bond acceptors (Lipinski definition) is 7. The molecule has 0 spiro atoms. The smallest absolute Gasteiger partial charge is 0.381 e. The Morgan fingerprint density at radius 2 is 1.89 bits per heavy atom. The highest BCUT2D eigenvalue weighted by Gasteiger charge is 2.43. The van der Waals surface area contributed by atoms with Crippen molar-refractivity contribution < 1.29 is 47.1 Å². The van der Waals surface area contributed by atoms with Crippen molar-refractivity contribution in [2.75, 3.05) is 19.6 Å². The molecule has 2 aromatic carbocycles. The van der Waals surface area contributed by atoms with E-state index in [1.165, 1.54) is 27.0 Å². The largest absolute Gasteiger partial charge is 1.00 e. The summed E-state index contributed by atoms with van der Waals surface area (Å²) in [4.78, 5) is 35.8. The summed E-state index contributed by atoms with van der Waals surface area (Å²) in [5, 5.41) is 11.8. The van der Waals surface area contributed by atoms with E-state index < -0.39 is 27.9 Å². The molecular weight excluding hydrogens is 651 g/mol. The van der Waals surface area contributed by atoms with Crippen LogP contribution in [0.15, 0.2) is 58.5 Å². The second-order valence-corrected chi connectivity index (χ2v) is 12.0. The van der Waals surface area contributed by atoms with Crippen LogP contribution in [0.4, 0.5) is 5.69 Å². The van der Waals surface area contributed by atoms with E-state index in [1.54, 1.807) is 42.6 Å². The van der Waals surface area contributed by atoms with Crippen molar-refractivity contribution in [3.8, 4) is 0 Å². The summed E-state index contributed by atoms with van der Waals surface area (Å²) in [5.74, 6) is -1.54. The number of carboxylic acids is 1. The number of halogens is 2. The number of amides is 1. The van der Waals surface area contributed by atoms with Crippen LogP contribution in [0.2, 0.25) is 5.02 Å². The molecule has 13 heteroatoms. The van der Waals surface area contributed by atoms with Gasteiger partial charge in [0.1, 0.15) is 4.90 Å². The van der Waals surface area contributed by atoms with Crippen LogP contribution in [0.1, 0.15) is 12.1 Å². The second-order valence-electron chi connectivity index (χ2n) is 8.58. The van der Waals surface area contributed by atoms with Gasteiger partial charge in [-0.2, -0.15) is 4.31 Å². The van der Waals surface area contributed by atoms with Gasteiger partial charge in [-0.15, -0.1) is 0 Å². The molecule has 2 aliphatic heterocycles. The van der Waals surface area contributed by atoms with E-state index in [1.807, 2.05) is 6.92 Å². The Labute approximate surface area is 240 Å². The van der Waals surface area contributed by atoms with Gasteiger partial charge in [-0.3, -0.25) is 14.6 Å². The Hall–Kier alpha value is -2.26. The number of piperazine rings is 1. The zero-order valence-electron chi connectivity index (χ0n) is 19.5. The van der Waals surface area contributed by atoms with Gasteiger partial charge in [0.2, 0.25) is 10.0 Å². The van der Waals surface area contributed by atoms with Crippen LogP contribution in [0.25, 0.3) is 10.8 Å². The molecule has 0 saturated carbocycles. The third-order valence-corrected chi connectivity index (χ3v) is 9.21. The molecule has 5 rings (SSSR count). The molecule has 3 heterocycles. The summed E-state index contributed by atoms with van der Waals surface area (Å²) in [6, 6.07) is 10.9. The van der Waals surface area contributed by atoms with Gasteiger partial charge in [-0.1, -0.05) is 23.7 Å². The van der Waals surface area contributed by atoms with Crippen LogP contribution in [0.5, 0.6) is 0 Å². The molecule has 2 aliphatic rings. The lowest BCUT2D eigenvalue weighted by Gasteiger charge is -2.39. The quantitative estimate of drug-likeness (QED) is 0.381. The molecule has 1 radical (unpaired) electrons.